The fourth-order valence-corrected chi connectivity index (χ4v) is 4.95. The van der Waals surface area contributed by atoms with E-state index in [0.29, 0.717) is 56.5 Å². The maximum atomic E-state index is 13.3. The van der Waals surface area contributed by atoms with Gasteiger partial charge in [0.1, 0.15) is 22.9 Å². The standard InChI is InChI=1S/C32H38N6O6/c1-32(2,3)44-31(41)37-17-15-36(16-18-37)27-13-14-33-20-26(27)35-30(40)25-6-4-7-28(34-25)38(22-39)21-23-9-11-24(12-10-23)43-29-8-5-19-42-29/h4,6-7,9-14,20,22,29H,5,8,15-19,21H2,1-3H3,(H,35,40). The Labute approximate surface area is 256 Å². The average molecular weight is 603 g/mol. The van der Waals surface area contributed by atoms with Crippen LogP contribution in [0.25, 0.3) is 0 Å². The zero-order chi connectivity index (χ0) is 31.1. The van der Waals surface area contributed by atoms with Crippen LogP contribution in [-0.4, -0.2) is 78.0 Å². The maximum Gasteiger partial charge on any atom is 0.410 e. The van der Waals surface area contributed by atoms with Gasteiger partial charge in [-0.25, -0.2) is 9.78 Å². The number of pyridine rings is 2. The molecule has 12 nitrogen and oxygen atoms in total. The number of hydrogen-bond acceptors (Lipinski definition) is 9. The Morgan fingerprint density at radius 3 is 2.55 bits per heavy atom. The molecule has 44 heavy (non-hydrogen) atoms. The summed E-state index contributed by atoms with van der Waals surface area (Å²) in [6.07, 6.45) is 5.23. The van der Waals surface area contributed by atoms with Crippen LogP contribution in [0.2, 0.25) is 0 Å². The van der Waals surface area contributed by atoms with E-state index in [2.05, 4.69) is 20.2 Å². The third kappa shape index (κ3) is 8.01. The van der Waals surface area contributed by atoms with Crippen LogP contribution < -0.4 is 19.9 Å². The van der Waals surface area contributed by atoms with Crippen molar-refractivity contribution < 1.29 is 28.6 Å². The first-order chi connectivity index (χ1) is 21.2. The summed E-state index contributed by atoms with van der Waals surface area (Å²) in [6, 6.07) is 14.2. The van der Waals surface area contributed by atoms with E-state index in [1.807, 2.05) is 51.1 Å². The van der Waals surface area contributed by atoms with E-state index in [1.54, 1.807) is 35.5 Å². The molecular formula is C32H38N6O6. The Balaban J connectivity index is 1.21. The van der Waals surface area contributed by atoms with Gasteiger partial charge < -0.3 is 29.3 Å². The third-order valence-electron chi connectivity index (χ3n) is 7.14. The van der Waals surface area contributed by atoms with Crippen LogP contribution in [0.1, 0.15) is 49.7 Å². The highest BCUT2D eigenvalue weighted by molar-refractivity contribution is 6.04. The number of nitrogens with zero attached hydrogens (tertiary/aromatic N) is 5. The quantitative estimate of drug-likeness (QED) is 0.353. The van der Waals surface area contributed by atoms with Crippen LogP contribution in [0, 0.1) is 0 Å². The minimum atomic E-state index is -0.559. The van der Waals surface area contributed by atoms with Crippen LogP contribution in [0.4, 0.5) is 22.0 Å². The van der Waals surface area contributed by atoms with E-state index >= 15 is 0 Å². The molecule has 2 aliphatic rings. The van der Waals surface area contributed by atoms with Crippen LogP contribution in [0.15, 0.2) is 60.9 Å². The second kappa shape index (κ2) is 13.7. The van der Waals surface area contributed by atoms with Crippen molar-refractivity contribution in [2.24, 2.45) is 0 Å². The Bertz CT molecular complexity index is 1450. The van der Waals surface area contributed by atoms with E-state index in [0.717, 1.165) is 24.1 Å². The number of anilines is 3. The van der Waals surface area contributed by atoms with Gasteiger partial charge in [0.2, 0.25) is 6.41 Å². The van der Waals surface area contributed by atoms with Crippen molar-refractivity contribution in [1.82, 2.24) is 14.9 Å². The van der Waals surface area contributed by atoms with E-state index in [-0.39, 0.29) is 24.6 Å². The number of piperazine rings is 1. The van der Waals surface area contributed by atoms with Crippen molar-refractivity contribution in [3.05, 3.63) is 72.2 Å². The van der Waals surface area contributed by atoms with Gasteiger partial charge in [-0.1, -0.05) is 18.2 Å². The summed E-state index contributed by atoms with van der Waals surface area (Å²) in [7, 11) is 0. The van der Waals surface area contributed by atoms with Gasteiger partial charge in [-0.3, -0.25) is 19.5 Å². The van der Waals surface area contributed by atoms with Gasteiger partial charge in [-0.05, 0) is 63.1 Å². The molecule has 0 aliphatic carbocycles. The predicted molar refractivity (Wildman–Crippen MR) is 165 cm³/mol. The highest BCUT2D eigenvalue weighted by Gasteiger charge is 2.27. The number of carbonyl (C=O) groups excluding carboxylic acids is 3. The molecule has 2 aromatic heterocycles. The Hall–Kier alpha value is -4.71. The minimum absolute atomic E-state index is 0.152. The summed E-state index contributed by atoms with van der Waals surface area (Å²) in [5.41, 5.74) is 1.78. The molecule has 232 valence electrons. The molecule has 3 amide bonds. The highest BCUT2D eigenvalue weighted by Crippen LogP contribution is 2.27. The SMILES string of the molecule is CC(C)(C)OC(=O)N1CCN(c2ccncc2NC(=O)c2cccc(N(C=O)Cc3ccc(OC4CCCO4)cc3)n2)CC1. The molecule has 2 fully saturated rings. The molecule has 1 unspecified atom stereocenters. The highest BCUT2D eigenvalue weighted by atomic mass is 16.7. The molecule has 12 heteroatoms. The fourth-order valence-electron chi connectivity index (χ4n) is 4.95. The molecule has 5 rings (SSSR count). The van der Waals surface area contributed by atoms with E-state index in [1.165, 1.54) is 4.90 Å². The van der Waals surface area contributed by atoms with E-state index < -0.39 is 11.5 Å². The lowest BCUT2D eigenvalue weighted by molar-refractivity contribution is -0.107. The Morgan fingerprint density at radius 1 is 1.09 bits per heavy atom. The van der Waals surface area contributed by atoms with Crippen LogP contribution in [0.3, 0.4) is 0 Å². The summed E-state index contributed by atoms with van der Waals surface area (Å²) in [4.78, 5) is 51.7. The van der Waals surface area contributed by atoms with Gasteiger partial charge in [0, 0.05) is 38.8 Å². The van der Waals surface area contributed by atoms with Crippen LogP contribution in [0.5, 0.6) is 5.75 Å². The lowest BCUT2D eigenvalue weighted by Gasteiger charge is -2.37. The molecule has 0 radical (unpaired) electrons. The van der Waals surface area contributed by atoms with Gasteiger partial charge in [0.25, 0.3) is 5.91 Å². The fraction of sp³-hybridized carbons (Fsp3) is 0.406. The summed E-state index contributed by atoms with van der Waals surface area (Å²) >= 11 is 0. The molecular weight excluding hydrogens is 564 g/mol. The third-order valence-corrected chi connectivity index (χ3v) is 7.14. The van der Waals surface area contributed by atoms with Crippen LogP contribution in [-0.2, 0) is 20.8 Å². The van der Waals surface area contributed by atoms with Crippen molar-refractivity contribution in [1.29, 1.82) is 0 Å². The molecule has 1 atom stereocenters. The van der Waals surface area contributed by atoms with Crippen molar-refractivity contribution in [3.8, 4) is 5.75 Å². The second-order valence-electron chi connectivity index (χ2n) is 11.6. The lowest BCUT2D eigenvalue weighted by atomic mass is 10.2. The normalized spacial score (nSPS) is 16.8. The van der Waals surface area contributed by atoms with E-state index in [4.69, 9.17) is 14.2 Å². The minimum Gasteiger partial charge on any atom is -0.465 e. The molecule has 1 N–H and O–H groups in total. The molecule has 0 bridgehead atoms. The molecule has 2 aliphatic heterocycles. The molecule has 3 aromatic rings. The number of rotatable bonds is 9. The molecule has 1 aromatic carbocycles. The van der Waals surface area contributed by atoms with Crippen molar-refractivity contribution in [2.45, 2.75) is 52.0 Å². The number of nitrogens with one attached hydrogen (secondary N) is 1. The van der Waals surface area contributed by atoms with Crippen LogP contribution >= 0.6 is 0 Å². The number of aromatic nitrogens is 2. The lowest BCUT2D eigenvalue weighted by Crippen LogP contribution is -2.50. The number of ether oxygens (including phenoxy) is 3. The van der Waals surface area contributed by atoms with Gasteiger partial charge in [0.05, 0.1) is 30.7 Å². The summed E-state index contributed by atoms with van der Waals surface area (Å²) in [6.45, 7) is 8.61. The number of carbonyl (C=O) groups is 3. The smallest absolute Gasteiger partial charge is 0.410 e. The van der Waals surface area contributed by atoms with E-state index in [9.17, 15) is 14.4 Å². The molecule has 0 saturated carbocycles. The van der Waals surface area contributed by atoms with Gasteiger partial charge in [0.15, 0.2) is 6.29 Å². The first kappa shape index (κ1) is 30.7. The van der Waals surface area contributed by atoms with Crippen molar-refractivity contribution >= 4 is 35.6 Å². The average Bonchev–Trinajstić information content (AvgIpc) is 3.53. The predicted octanol–water partition coefficient (Wildman–Crippen LogP) is 4.46. The molecule has 4 heterocycles. The zero-order valence-electron chi connectivity index (χ0n) is 25.3. The largest absolute Gasteiger partial charge is 0.465 e. The summed E-state index contributed by atoms with van der Waals surface area (Å²) in [5.74, 6) is 0.613. The topological polar surface area (TPSA) is 126 Å². The maximum absolute atomic E-state index is 13.3. The molecule has 2 saturated heterocycles. The van der Waals surface area contributed by atoms with Crippen molar-refractivity contribution in [3.63, 3.8) is 0 Å². The van der Waals surface area contributed by atoms with Gasteiger partial charge in [-0.15, -0.1) is 0 Å². The Kier molecular flexibility index (Phi) is 9.59. The van der Waals surface area contributed by atoms with Gasteiger partial charge >= 0.3 is 6.09 Å². The summed E-state index contributed by atoms with van der Waals surface area (Å²) in [5, 5.41) is 2.92. The zero-order valence-corrected chi connectivity index (χ0v) is 25.3. The first-order valence-electron chi connectivity index (χ1n) is 14.7. The van der Waals surface area contributed by atoms with Gasteiger partial charge in [-0.2, -0.15) is 0 Å². The monoisotopic (exact) mass is 602 g/mol. The summed E-state index contributed by atoms with van der Waals surface area (Å²) < 4.78 is 16.8. The molecule has 0 spiro atoms. The second-order valence-corrected chi connectivity index (χ2v) is 11.6. The number of benzene rings is 1. The number of hydrogen-bond donors (Lipinski definition) is 1. The number of amides is 3. The first-order valence-corrected chi connectivity index (χ1v) is 14.7. The Morgan fingerprint density at radius 2 is 1.86 bits per heavy atom. The van der Waals surface area contributed by atoms with Crippen molar-refractivity contribution in [2.75, 3.05) is 47.9 Å².